The molecule has 0 spiro atoms. The van der Waals surface area contributed by atoms with Gasteiger partial charge in [0.2, 0.25) is 6.41 Å². The predicted molar refractivity (Wildman–Crippen MR) is 45.4 cm³/mol. The highest BCUT2D eigenvalue weighted by molar-refractivity contribution is 5.47. The number of pyridine rings is 1. The Morgan fingerprint density at radius 3 is 3.21 bits per heavy atom. The highest BCUT2D eigenvalue weighted by atomic mass is 19.1. The zero-order chi connectivity index (χ0) is 9.97. The first kappa shape index (κ1) is 9.08. The number of hydroxylamine groups is 2. The number of amides is 1. The Kier molecular flexibility index (Phi) is 2.41. The molecule has 2 rings (SSSR count). The van der Waals surface area contributed by atoms with Crippen LogP contribution in [0.15, 0.2) is 18.5 Å². The molecule has 1 saturated heterocycles. The smallest absolute Gasteiger partial charge is 0.233 e. The van der Waals surface area contributed by atoms with Gasteiger partial charge in [-0.05, 0) is 11.6 Å². The SMILES string of the molecule is O=CN1OCC[C@H]1c1cncc(F)c1. The third kappa shape index (κ3) is 1.58. The number of halogens is 1. The Balaban J connectivity index is 2.25. The fraction of sp³-hybridized carbons (Fsp3) is 0.333. The summed E-state index contributed by atoms with van der Waals surface area (Å²) in [6.07, 6.45) is 3.94. The van der Waals surface area contributed by atoms with Crippen LogP contribution in [0.1, 0.15) is 18.0 Å². The zero-order valence-electron chi connectivity index (χ0n) is 7.39. The molecule has 5 heteroatoms. The van der Waals surface area contributed by atoms with Crippen LogP contribution in [0.5, 0.6) is 0 Å². The van der Waals surface area contributed by atoms with Crippen molar-refractivity contribution < 1.29 is 14.0 Å². The van der Waals surface area contributed by atoms with Crippen LogP contribution in [0.25, 0.3) is 0 Å². The van der Waals surface area contributed by atoms with Crippen LogP contribution < -0.4 is 0 Å². The van der Waals surface area contributed by atoms with Crippen molar-refractivity contribution in [2.45, 2.75) is 12.5 Å². The van der Waals surface area contributed by atoms with Crippen LogP contribution in [-0.4, -0.2) is 23.1 Å². The zero-order valence-corrected chi connectivity index (χ0v) is 7.39. The lowest BCUT2D eigenvalue weighted by atomic mass is 10.1. The molecular weight excluding hydrogens is 187 g/mol. The molecule has 14 heavy (non-hydrogen) atoms. The van der Waals surface area contributed by atoms with E-state index >= 15 is 0 Å². The lowest BCUT2D eigenvalue weighted by Gasteiger charge is -2.17. The molecule has 1 atom stereocenters. The quantitative estimate of drug-likeness (QED) is 0.664. The van der Waals surface area contributed by atoms with Crippen molar-refractivity contribution in [3.05, 3.63) is 29.8 Å². The van der Waals surface area contributed by atoms with E-state index in [1.54, 1.807) is 6.20 Å². The van der Waals surface area contributed by atoms with Crippen LogP contribution in [0.4, 0.5) is 4.39 Å². The molecule has 1 aliphatic rings. The first-order valence-electron chi connectivity index (χ1n) is 4.28. The van der Waals surface area contributed by atoms with Crippen LogP contribution >= 0.6 is 0 Å². The minimum Gasteiger partial charge on any atom is -0.276 e. The van der Waals surface area contributed by atoms with Crippen molar-refractivity contribution in [2.75, 3.05) is 6.61 Å². The van der Waals surface area contributed by atoms with Gasteiger partial charge in [0.15, 0.2) is 0 Å². The highest BCUT2D eigenvalue weighted by Gasteiger charge is 2.26. The summed E-state index contributed by atoms with van der Waals surface area (Å²) in [4.78, 5) is 19.3. The molecule has 0 unspecified atom stereocenters. The van der Waals surface area contributed by atoms with Gasteiger partial charge in [0.05, 0.1) is 18.8 Å². The van der Waals surface area contributed by atoms with Gasteiger partial charge in [-0.25, -0.2) is 9.45 Å². The molecule has 1 aliphatic heterocycles. The van der Waals surface area contributed by atoms with Crippen molar-refractivity contribution in [1.82, 2.24) is 10.0 Å². The van der Waals surface area contributed by atoms with Gasteiger partial charge in [0, 0.05) is 12.6 Å². The maximum absolute atomic E-state index is 12.8. The third-order valence-electron chi connectivity index (χ3n) is 2.15. The Morgan fingerprint density at radius 2 is 2.50 bits per heavy atom. The number of carbonyl (C=O) groups is 1. The molecule has 2 heterocycles. The van der Waals surface area contributed by atoms with Gasteiger partial charge in [-0.15, -0.1) is 0 Å². The van der Waals surface area contributed by atoms with Gasteiger partial charge in [-0.1, -0.05) is 0 Å². The van der Waals surface area contributed by atoms with Crippen LogP contribution in [0.2, 0.25) is 0 Å². The van der Waals surface area contributed by atoms with E-state index in [9.17, 15) is 9.18 Å². The summed E-state index contributed by atoms with van der Waals surface area (Å²) in [7, 11) is 0. The normalized spacial score (nSPS) is 21.2. The van der Waals surface area contributed by atoms with E-state index in [-0.39, 0.29) is 6.04 Å². The number of hydrogen-bond donors (Lipinski definition) is 0. The van der Waals surface area contributed by atoms with E-state index in [1.165, 1.54) is 11.1 Å². The summed E-state index contributed by atoms with van der Waals surface area (Å²) >= 11 is 0. The number of hydrogen-bond acceptors (Lipinski definition) is 3. The Bertz CT molecular complexity index is 345. The van der Waals surface area contributed by atoms with Gasteiger partial charge >= 0.3 is 0 Å². The van der Waals surface area contributed by atoms with E-state index in [4.69, 9.17) is 4.84 Å². The molecule has 74 valence electrons. The number of nitrogens with zero attached hydrogens (tertiary/aromatic N) is 2. The number of rotatable bonds is 2. The minimum atomic E-state index is -0.403. The molecule has 1 aromatic heterocycles. The molecule has 0 aromatic carbocycles. The predicted octanol–water partition coefficient (Wildman–Crippen LogP) is 1.06. The molecule has 4 nitrogen and oxygen atoms in total. The average Bonchev–Trinajstić information content (AvgIpc) is 2.65. The van der Waals surface area contributed by atoms with Gasteiger partial charge < -0.3 is 0 Å². The van der Waals surface area contributed by atoms with Gasteiger partial charge in [-0.2, -0.15) is 0 Å². The first-order chi connectivity index (χ1) is 6.81. The van der Waals surface area contributed by atoms with Crippen molar-refractivity contribution in [3.8, 4) is 0 Å². The van der Waals surface area contributed by atoms with Crippen LogP contribution in [0.3, 0.4) is 0 Å². The Morgan fingerprint density at radius 1 is 1.64 bits per heavy atom. The molecule has 0 saturated carbocycles. The largest absolute Gasteiger partial charge is 0.276 e. The summed E-state index contributed by atoms with van der Waals surface area (Å²) < 4.78 is 12.8. The summed E-state index contributed by atoms with van der Waals surface area (Å²) in [5, 5.41) is 1.19. The third-order valence-corrected chi connectivity index (χ3v) is 2.15. The van der Waals surface area contributed by atoms with Crippen molar-refractivity contribution >= 4 is 6.41 Å². The molecule has 1 amide bonds. The van der Waals surface area contributed by atoms with E-state index in [1.807, 2.05) is 0 Å². The van der Waals surface area contributed by atoms with E-state index < -0.39 is 5.82 Å². The van der Waals surface area contributed by atoms with E-state index in [0.29, 0.717) is 25.0 Å². The second-order valence-corrected chi connectivity index (χ2v) is 3.04. The molecule has 0 N–H and O–H groups in total. The second kappa shape index (κ2) is 3.71. The fourth-order valence-electron chi connectivity index (χ4n) is 1.51. The van der Waals surface area contributed by atoms with Crippen LogP contribution in [-0.2, 0) is 9.63 Å². The van der Waals surface area contributed by atoms with Crippen molar-refractivity contribution in [2.24, 2.45) is 0 Å². The van der Waals surface area contributed by atoms with E-state index in [0.717, 1.165) is 6.20 Å². The lowest BCUT2D eigenvalue weighted by molar-refractivity contribution is -0.161. The summed E-state index contributed by atoms with van der Waals surface area (Å²) in [5.41, 5.74) is 0.662. The van der Waals surface area contributed by atoms with Gasteiger partial charge in [-0.3, -0.25) is 14.6 Å². The molecule has 1 aromatic rings. The molecule has 1 fully saturated rings. The minimum absolute atomic E-state index is 0.212. The topological polar surface area (TPSA) is 42.4 Å². The summed E-state index contributed by atoms with van der Waals surface area (Å²) in [6, 6.07) is 1.15. The second-order valence-electron chi connectivity index (χ2n) is 3.04. The highest BCUT2D eigenvalue weighted by Crippen LogP contribution is 2.28. The standard InChI is InChI=1S/C9H9FN2O2/c10-8-3-7(4-11-5-8)9-1-2-14-12(9)6-13/h3-6,9H,1-2H2/t9-/m0/s1. The van der Waals surface area contributed by atoms with Gasteiger partial charge in [0.25, 0.3) is 0 Å². The lowest BCUT2D eigenvalue weighted by Crippen LogP contribution is -2.19. The molecule has 0 bridgehead atoms. The summed E-state index contributed by atoms with van der Waals surface area (Å²) in [6.45, 7) is 0.472. The van der Waals surface area contributed by atoms with Gasteiger partial charge in [0.1, 0.15) is 5.82 Å². The molecular formula is C9H9FN2O2. The van der Waals surface area contributed by atoms with Crippen LogP contribution in [0, 0.1) is 5.82 Å². The monoisotopic (exact) mass is 196 g/mol. The van der Waals surface area contributed by atoms with Crippen molar-refractivity contribution in [3.63, 3.8) is 0 Å². The number of carbonyl (C=O) groups excluding carboxylic acids is 1. The molecule has 0 radical (unpaired) electrons. The Labute approximate surface area is 80.3 Å². The van der Waals surface area contributed by atoms with E-state index in [2.05, 4.69) is 4.98 Å². The Hall–Kier alpha value is -1.49. The maximum atomic E-state index is 12.8. The number of aromatic nitrogens is 1. The fourth-order valence-corrected chi connectivity index (χ4v) is 1.51. The first-order valence-corrected chi connectivity index (χ1v) is 4.28. The van der Waals surface area contributed by atoms with Crippen molar-refractivity contribution in [1.29, 1.82) is 0 Å². The summed E-state index contributed by atoms with van der Waals surface area (Å²) in [5.74, 6) is -0.403. The maximum Gasteiger partial charge on any atom is 0.233 e. The average molecular weight is 196 g/mol. The molecule has 0 aliphatic carbocycles.